The van der Waals surface area contributed by atoms with E-state index in [-0.39, 0.29) is 0 Å². The normalized spacial score (nSPS) is 24.5. The van der Waals surface area contributed by atoms with Gasteiger partial charge in [-0.2, -0.15) is 0 Å². The Morgan fingerprint density at radius 2 is 2.12 bits per heavy atom. The van der Waals surface area contributed by atoms with Gasteiger partial charge < -0.3 is 15.3 Å². The molecule has 2 N–H and O–H groups in total. The van der Waals surface area contributed by atoms with E-state index in [1.807, 2.05) is 0 Å². The Morgan fingerprint density at radius 1 is 1.35 bits per heavy atom. The molecule has 1 aromatic rings. The van der Waals surface area contributed by atoms with Gasteiger partial charge in [-0.05, 0) is 38.2 Å². The SMILES string of the molecule is CN(C)Cc1cccc(CC2(O)CCNC2)c1. The molecule has 1 aliphatic heterocycles. The van der Waals surface area contributed by atoms with E-state index < -0.39 is 5.60 Å². The summed E-state index contributed by atoms with van der Waals surface area (Å²) >= 11 is 0. The fourth-order valence-electron chi connectivity index (χ4n) is 2.46. The second-order valence-electron chi connectivity index (χ2n) is 5.39. The van der Waals surface area contributed by atoms with Crippen molar-refractivity contribution in [1.29, 1.82) is 0 Å². The van der Waals surface area contributed by atoms with Gasteiger partial charge in [-0.1, -0.05) is 24.3 Å². The molecule has 0 saturated carbocycles. The molecule has 0 aliphatic carbocycles. The highest BCUT2D eigenvalue weighted by Crippen LogP contribution is 2.21. The van der Waals surface area contributed by atoms with Crippen LogP contribution in [0, 0.1) is 0 Å². The fraction of sp³-hybridized carbons (Fsp3) is 0.571. The van der Waals surface area contributed by atoms with Crippen molar-refractivity contribution in [3.8, 4) is 0 Å². The van der Waals surface area contributed by atoms with Gasteiger partial charge in [-0.15, -0.1) is 0 Å². The lowest BCUT2D eigenvalue weighted by atomic mass is 9.93. The van der Waals surface area contributed by atoms with Gasteiger partial charge in [0.05, 0.1) is 5.60 Å². The van der Waals surface area contributed by atoms with Crippen molar-refractivity contribution in [2.45, 2.75) is 25.0 Å². The molecule has 2 rings (SSSR count). The molecule has 1 unspecified atom stereocenters. The summed E-state index contributed by atoms with van der Waals surface area (Å²) in [6, 6.07) is 8.53. The number of nitrogens with one attached hydrogen (secondary N) is 1. The van der Waals surface area contributed by atoms with E-state index in [1.165, 1.54) is 11.1 Å². The highest BCUT2D eigenvalue weighted by molar-refractivity contribution is 5.25. The molecule has 0 radical (unpaired) electrons. The van der Waals surface area contributed by atoms with Crippen LogP contribution in [-0.4, -0.2) is 42.8 Å². The van der Waals surface area contributed by atoms with Gasteiger partial charge >= 0.3 is 0 Å². The summed E-state index contributed by atoms with van der Waals surface area (Å²) < 4.78 is 0. The molecular formula is C14H22N2O. The van der Waals surface area contributed by atoms with E-state index in [4.69, 9.17) is 0 Å². The minimum Gasteiger partial charge on any atom is -0.388 e. The molecule has 3 heteroatoms. The molecule has 0 aromatic heterocycles. The van der Waals surface area contributed by atoms with Crippen LogP contribution in [0.3, 0.4) is 0 Å². The molecule has 1 heterocycles. The summed E-state index contributed by atoms with van der Waals surface area (Å²) in [5, 5.41) is 13.6. The summed E-state index contributed by atoms with van der Waals surface area (Å²) in [7, 11) is 4.14. The maximum absolute atomic E-state index is 10.3. The molecule has 17 heavy (non-hydrogen) atoms. The number of hydrogen-bond acceptors (Lipinski definition) is 3. The Hall–Kier alpha value is -0.900. The number of rotatable bonds is 4. The van der Waals surface area contributed by atoms with Crippen molar-refractivity contribution in [3.05, 3.63) is 35.4 Å². The van der Waals surface area contributed by atoms with E-state index in [9.17, 15) is 5.11 Å². The van der Waals surface area contributed by atoms with Crippen LogP contribution in [0.1, 0.15) is 17.5 Å². The summed E-state index contributed by atoms with van der Waals surface area (Å²) in [4.78, 5) is 2.16. The first kappa shape index (κ1) is 12.6. The van der Waals surface area contributed by atoms with Gasteiger partial charge in [0.1, 0.15) is 0 Å². The van der Waals surface area contributed by atoms with E-state index in [0.29, 0.717) is 6.54 Å². The second-order valence-corrected chi connectivity index (χ2v) is 5.39. The second kappa shape index (κ2) is 5.17. The van der Waals surface area contributed by atoms with E-state index >= 15 is 0 Å². The molecule has 0 spiro atoms. The van der Waals surface area contributed by atoms with Gasteiger partial charge in [-0.25, -0.2) is 0 Å². The Kier molecular flexibility index (Phi) is 3.82. The first-order chi connectivity index (χ1) is 8.07. The van der Waals surface area contributed by atoms with Crippen LogP contribution in [0.15, 0.2) is 24.3 Å². The Morgan fingerprint density at radius 3 is 2.76 bits per heavy atom. The molecule has 1 fully saturated rings. The van der Waals surface area contributed by atoms with Crippen LogP contribution < -0.4 is 5.32 Å². The third kappa shape index (κ3) is 3.53. The average Bonchev–Trinajstić information content (AvgIpc) is 2.64. The maximum Gasteiger partial charge on any atom is 0.0823 e. The predicted molar refractivity (Wildman–Crippen MR) is 70.0 cm³/mol. The zero-order valence-electron chi connectivity index (χ0n) is 10.7. The van der Waals surface area contributed by atoms with Crippen molar-refractivity contribution >= 4 is 0 Å². The Balaban J connectivity index is 2.05. The molecule has 1 atom stereocenters. The largest absolute Gasteiger partial charge is 0.388 e. The standard InChI is InChI=1S/C14H22N2O/c1-16(2)10-13-5-3-4-12(8-13)9-14(17)6-7-15-11-14/h3-5,8,15,17H,6-7,9-11H2,1-2H3. The lowest BCUT2D eigenvalue weighted by Gasteiger charge is -2.21. The van der Waals surface area contributed by atoms with Crippen molar-refractivity contribution in [2.24, 2.45) is 0 Å². The minimum absolute atomic E-state index is 0.545. The highest BCUT2D eigenvalue weighted by atomic mass is 16.3. The fourth-order valence-corrected chi connectivity index (χ4v) is 2.46. The number of benzene rings is 1. The average molecular weight is 234 g/mol. The van der Waals surface area contributed by atoms with Gasteiger partial charge in [0, 0.05) is 19.5 Å². The molecule has 1 saturated heterocycles. The van der Waals surface area contributed by atoms with Crippen LogP contribution in [0.4, 0.5) is 0 Å². The molecule has 3 nitrogen and oxygen atoms in total. The number of hydrogen-bond donors (Lipinski definition) is 2. The van der Waals surface area contributed by atoms with Gasteiger partial charge in [0.15, 0.2) is 0 Å². The van der Waals surface area contributed by atoms with Crippen LogP contribution >= 0.6 is 0 Å². The Labute approximate surface area is 103 Å². The Bertz CT molecular complexity index is 370. The number of aliphatic hydroxyl groups is 1. The molecule has 94 valence electrons. The van der Waals surface area contributed by atoms with Crippen molar-refractivity contribution in [3.63, 3.8) is 0 Å². The van der Waals surface area contributed by atoms with Gasteiger partial charge in [0.25, 0.3) is 0 Å². The molecule has 1 aliphatic rings. The van der Waals surface area contributed by atoms with E-state index in [1.54, 1.807) is 0 Å². The lowest BCUT2D eigenvalue weighted by molar-refractivity contribution is 0.0619. The van der Waals surface area contributed by atoms with E-state index in [2.05, 4.69) is 48.6 Å². The smallest absolute Gasteiger partial charge is 0.0823 e. The van der Waals surface area contributed by atoms with Crippen molar-refractivity contribution < 1.29 is 5.11 Å². The third-order valence-electron chi connectivity index (χ3n) is 3.24. The zero-order valence-corrected chi connectivity index (χ0v) is 10.7. The van der Waals surface area contributed by atoms with Crippen molar-refractivity contribution in [2.75, 3.05) is 27.2 Å². The van der Waals surface area contributed by atoms with Crippen molar-refractivity contribution in [1.82, 2.24) is 10.2 Å². The first-order valence-electron chi connectivity index (χ1n) is 6.23. The zero-order chi connectivity index (χ0) is 12.3. The highest BCUT2D eigenvalue weighted by Gasteiger charge is 2.30. The quantitative estimate of drug-likeness (QED) is 0.816. The summed E-state index contributed by atoms with van der Waals surface area (Å²) in [6.45, 7) is 2.59. The maximum atomic E-state index is 10.3. The number of nitrogens with zero attached hydrogens (tertiary/aromatic N) is 1. The minimum atomic E-state index is -0.545. The van der Waals surface area contributed by atoms with Gasteiger partial charge in [0.2, 0.25) is 0 Å². The van der Waals surface area contributed by atoms with Crippen LogP contribution in [-0.2, 0) is 13.0 Å². The topological polar surface area (TPSA) is 35.5 Å². The third-order valence-corrected chi connectivity index (χ3v) is 3.24. The lowest BCUT2D eigenvalue weighted by Crippen LogP contribution is -2.33. The van der Waals surface area contributed by atoms with E-state index in [0.717, 1.165) is 25.9 Å². The number of β-amino-alcohol motifs (C(OH)–C–C–N with tert-alkyl or cyclic N) is 1. The first-order valence-corrected chi connectivity index (χ1v) is 6.23. The van der Waals surface area contributed by atoms with Gasteiger partial charge in [-0.3, -0.25) is 0 Å². The van der Waals surface area contributed by atoms with Crippen LogP contribution in [0.2, 0.25) is 0 Å². The summed E-state index contributed by atoms with van der Waals surface area (Å²) in [5.41, 5.74) is 1.99. The molecular weight excluding hydrogens is 212 g/mol. The summed E-state index contributed by atoms with van der Waals surface area (Å²) in [6.07, 6.45) is 1.60. The monoisotopic (exact) mass is 234 g/mol. The summed E-state index contributed by atoms with van der Waals surface area (Å²) in [5.74, 6) is 0. The predicted octanol–water partition coefficient (Wildman–Crippen LogP) is 1.02. The molecule has 0 amide bonds. The van der Waals surface area contributed by atoms with Crippen LogP contribution in [0.25, 0.3) is 0 Å². The molecule has 1 aromatic carbocycles. The molecule has 0 bridgehead atoms. The van der Waals surface area contributed by atoms with Crippen LogP contribution in [0.5, 0.6) is 0 Å².